The summed E-state index contributed by atoms with van der Waals surface area (Å²) in [4.78, 5) is 22.6. The molecule has 0 spiro atoms. The summed E-state index contributed by atoms with van der Waals surface area (Å²) in [6.07, 6.45) is 4.77. The lowest BCUT2D eigenvalue weighted by atomic mass is 10.1. The molecule has 1 saturated heterocycles. The van der Waals surface area contributed by atoms with Crippen LogP contribution in [-0.2, 0) is 0 Å². The second-order valence-corrected chi connectivity index (χ2v) is 6.93. The van der Waals surface area contributed by atoms with Crippen LogP contribution in [0.3, 0.4) is 0 Å². The summed E-state index contributed by atoms with van der Waals surface area (Å²) in [5.74, 6) is -0.248. The fourth-order valence-electron chi connectivity index (χ4n) is 2.92. The Morgan fingerprint density at radius 2 is 1.96 bits per heavy atom. The molecule has 0 unspecified atom stereocenters. The van der Waals surface area contributed by atoms with Crippen LogP contribution in [0.5, 0.6) is 5.19 Å². The van der Waals surface area contributed by atoms with Crippen LogP contribution >= 0.6 is 11.3 Å². The van der Waals surface area contributed by atoms with E-state index in [4.69, 9.17) is 4.74 Å². The first kappa shape index (κ1) is 16.0. The fraction of sp³-hybridized carbons (Fsp3) is 0.278. The summed E-state index contributed by atoms with van der Waals surface area (Å²) in [6.45, 7) is 1.29. The molecule has 0 N–H and O–H groups in total. The lowest BCUT2D eigenvalue weighted by molar-refractivity contribution is 0.0595. The molecule has 7 heteroatoms. The number of halogens is 1. The van der Waals surface area contributed by atoms with Crippen molar-refractivity contribution >= 4 is 27.5 Å². The van der Waals surface area contributed by atoms with Gasteiger partial charge < -0.3 is 9.64 Å². The Labute approximate surface area is 148 Å². The molecule has 2 aromatic heterocycles. The number of pyridine rings is 1. The van der Waals surface area contributed by atoms with Crippen LogP contribution in [0, 0.1) is 5.82 Å². The Balaban J connectivity index is 1.37. The standard InChI is InChI=1S/C18H16FN3O2S/c19-13-1-2-15-16(11-13)25-18(21-15)24-14-5-9-22(10-6-14)17(23)12-3-7-20-8-4-12/h1-4,7-8,11,14H,5-6,9-10H2. The average molecular weight is 357 g/mol. The number of nitrogens with zero attached hydrogens (tertiary/aromatic N) is 3. The summed E-state index contributed by atoms with van der Waals surface area (Å²) >= 11 is 1.35. The topological polar surface area (TPSA) is 55.3 Å². The molecular weight excluding hydrogens is 341 g/mol. The highest BCUT2D eigenvalue weighted by molar-refractivity contribution is 7.20. The molecule has 0 saturated carbocycles. The van der Waals surface area contributed by atoms with Crippen molar-refractivity contribution < 1.29 is 13.9 Å². The zero-order valence-electron chi connectivity index (χ0n) is 13.4. The molecule has 0 aliphatic carbocycles. The summed E-state index contributed by atoms with van der Waals surface area (Å²) < 4.78 is 20.0. The second kappa shape index (κ2) is 6.76. The van der Waals surface area contributed by atoms with Gasteiger partial charge in [-0.1, -0.05) is 11.3 Å². The predicted molar refractivity (Wildman–Crippen MR) is 93.4 cm³/mol. The van der Waals surface area contributed by atoms with Gasteiger partial charge in [-0.25, -0.2) is 9.37 Å². The third kappa shape index (κ3) is 3.46. The number of piperidine rings is 1. The first-order chi connectivity index (χ1) is 12.2. The molecular formula is C18H16FN3O2S. The Morgan fingerprint density at radius 3 is 2.72 bits per heavy atom. The molecule has 1 amide bonds. The number of rotatable bonds is 3. The summed E-state index contributed by atoms with van der Waals surface area (Å²) in [5.41, 5.74) is 1.40. The minimum atomic E-state index is -0.273. The first-order valence-corrected chi connectivity index (χ1v) is 8.93. The lowest BCUT2D eigenvalue weighted by Gasteiger charge is -2.31. The Bertz CT molecular complexity index is 892. The number of thiazole rings is 1. The van der Waals surface area contributed by atoms with E-state index in [1.165, 1.54) is 23.5 Å². The summed E-state index contributed by atoms with van der Waals surface area (Å²) in [5, 5.41) is 0.555. The van der Waals surface area contributed by atoms with Crippen molar-refractivity contribution in [3.8, 4) is 5.19 Å². The minimum Gasteiger partial charge on any atom is -0.467 e. The maximum Gasteiger partial charge on any atom is 0.274 e. The van der Waals surface area contributed by atoms with Gasteiger partial charge in [0.05, 0.1) is 10.2 Å². The van der Waals surface area contributed by atoms with Crippen molar-refractivity contribution in [2.45, 2.75) is 18.9 Å². The molecule has 1 fully saturated rings. The van der Waals surface area contributed by atoms with Gasteiger partial charge in [-0.2, -0.15) is 0 Å². The number of benzene rings is 1. The van der Waals surface area contributed by atoms with Crippen LogP contribution in [0.15, 0.2) is 42.7 Å². The van der Waals surface area contributed by atoms with E-state index in [1.54, 1.807) is 30.6 Å². The van der Waals surface area contributed by atoms with Gasteiger partial charge in [0.25, 0.3) is 11.1 Å². The van der Waals surface area contributed by atoms with E-state index in [2.05, 4.69) is 9.97 Å². The van der Waals surface area contributed by atoms with Crippen LogP contribution in [0.4, 0.5) is 4.39 Å². The highest BCUT2D eigenvalue weighted by Gasteiger charge is 2.25. The highest BCUT2D eigenvalue weighted by atomic mass is 32.1. The zero-order chi connectivity index (χ0) is 17.2. The zero-order valence-corrected chi connectivity index (χ0v) is 14.2. The number of amides is 1. The maximum atomic E-state index is 13.3. The van der Waals surface area contributed by atoms with Crippen molar-refractivity contribution in [2.75, 3.05) is 13.1 Å². The largest absolute Gasteiger partial charge is 0.467 e. The molecule has 0 bridgehead atoms. The number of ether oxygens (including phenoxy) is 1. The number of likely N-dealkylation sites (tertiary alicyclic amines) is 1. The van der Waals surface area contributed by atoms with Crippen molar-refractivity contribution in [3.63, 3.8) is 0 Å². The van der Waals surface area contributed by atoms with E-state index >= 15 is 0 Å². The molecule has 1 aromatic carbocycles. The first-order valence-electron chi connectivity index (χ1n) is 8.11. The summed E-state index contributed by atoms with van der Waals surface area (Å²) in [7, 11) is 0. The van der Waals surface area contributed by atoms with Crippen LogP contribution < -0.4 is 4.74 Å². The van der Waals surface area contributed by atoms with Gasteiger partial charge >= 0.3 is 0 Å². The number of hydrogen-bond donors (Lipinski definition) is 0. The Morgan fingerprint density at radius 1 is 1.20 bits per heavy atom. The minimum absolute atomic E-state index is 0.0203. The van der Waals surface area contributed by atoms with E-state index < -0.39 is 0 Å². The van der Waals surface area contributed by atoms with E-state index in [-0.39, 0.29) is 17.8 Å². The molecule has 1 aliphatic rings. The number of hydrogen-bond acceptors (Lipinski definition) is 5. The normalized spacial score (nSPS) is 15.5. The number of carbonyl (C=O) groups is 1. The predicted octanol–water partition coefficient (Wildman–Crippen LogP) is 3.51. The third-order valence-electron chi connectivity index (χ3n) is 4.25. The van der Waals surface area contributed by atoms with E-state index in [0.29, 0.717) is 23.8 Å². The van der Waals surface area contributed by atoms with E-state index in [1.807, 2.05) is 4.90 Å². The SMILES string of the molecule is O=C(c1ccncc1)N1CCC(Oc2nc3ccc(F)cc3s2)CC1. The third-order valence-corrected chi connectivity index (χ3v) is 5.16. The van der Waals surface area contributed by atoms with Crippen molar-refractivity contribution in [2.24, 2.45) is 0 Å². The quantitative estimate of drug-likeness (QED) is 0.720. The smallest absolute Gasteiger partial charge is 0.274 e. The second-order valence-electron chi connectivity index (χ2n) is 5.94. The lowest BCUT2D eigenvalue weighted by Crippen LogP contribution is -2.41. The molecule has 25 heavy (non-hydrogen) atoms. The van der Waals surface area contributed by atoms with E-state index in [0.717, 1.165) is 23.1 Å². The molecule has 5 nitrogen and oxygen atoms in total. The Hall–Kier alpha value is -2.54. The van der Waals surface area contributed by atoms with Gasteiger partial charge in [0, 0.05) is 43.9 Å². The molecule has 3 heterocycles. The average Bonchev–Trinajstić information content (AvgIpc) is 3.04. The Kier molecular flexibility index (Phi) is 4.31. The van der Waals surface area contributed by atoms with Crippen molar-refractivity contribution in [1.29, 1.82) is 0 Å². The van der Waals surface area contributed by atoms with Crippen LogP contribution in [0.25, 0.3) is 10.2 Å². The monoisotopic (exact) mass is 357 g/mol. The van der Waals surface area contributed by atoms with Crippen LogP contribution in [-0.4, -0.2) is 40.0 Å². The van der Waals surface area contributed by atoms with Gasteiger partial charge in [-0.15, -0.1) is 0 Å². The van der Waals surface area contributed by atoms with Gasteiger partial charge in [0.15, 0.2) is 0 Å². The maximum absolute atomic E-state index is 13.3. The van der Waals surface area contributed by atoms with Crippen molar-refractivity contribution in [3.05, 3.63) is 54.1 Å². The molecule has 0 atom stereocenters. The van der Waals surface area contributed by atoms with Gasteiger partial charge in [0.2, 0.25) is 0 Å². The summed E-state index contributed by atoms with van der Waals surface area (Å²) in [6, 6.07) is 7.98. The molecule has 128 valence electrons. The van der Waals surface area contributed by atoms with Gasteiger partial charge in [-0.05, 0) is 30.3 Å². The van der Waals surface area contributed by atoms with Crippen LogP contribution in [0.1, 0.15) is 23.2 Å². The molecule has 0 radical (unpaired) electrons. The highest BCUT2D eigenvalue weighted by Crippen LogP contribution is 2.30. The molecule has 4 rings (SSSR count). The molecule has 3 aromatic rings. The van der Waals surface area contributed by atoms with Gasteiger partial charge in [-0.3, -0.25) is 9.78 Å². The van der Waals surface area contributed by atoms with Crippen molar-refractivity contribution in [1.82, 2.24) is 14.9 Å². The number of aromatic nitrogens is 2. The number of carbonyl (C=O) groups excluding carboxylic acids is 1. The van der Waals surface area contributed by atoms with E-state index in [9.17, 15) is 9.18 Å². The number of fused-ring (bicyclic) bond motifs is 1. The fourth-order valence-corrected chi connectivity index (χ4v) is 3.83. The molecule has 1 aliphatic heterocycles. The van der Waals surface area contributed by atoms with Gasteiger partial charge in [0.1, 0.15) is 11.9 Å². The van der Waals surface area contributed by atoms with Crippen LogP contribution in [0.2, 0.25) is 0 Å².